The number of alkyl halides is 3. The molecule has 0 bridgehead atoms. The molecule has 2 aromatic heterocycles. The van der Waals surface area contributed by atoms with Gasteiger partial charge in [-0.15, -0.1) is 0 Å². The van der Waals surface area contributed by atoms with Crippen LogP contribution in [0.2, 0.25) is 0 Å². The van der Waals surface area contributed by atoms with Crippen molar-refractivity contribution in [3.05, 3.63) is 42.0 Å². The molecule has 2 N–H and O–H groups in total. The molecule has 0 unspecified atom stereocenters. The molecule has 0 saturated heterocycles. The van der Waals surface area contributed by atoms with Crippen LogP contribution in [0.15, 0.2) is 29.4 Å². The van der Waals surface area contributed by atoms with Crippen LogP contribution in [-0.2, 0) is 17.1 Å². The predicted octanol–water partition coefficient (Wildman–Crippen LogP) is 2.18. The van der Waals surface area contributed by atoms with E-state index in [0.29, 0.717) is 13.1 Å². The van der Waals surface area contributed by atoms with Gasteiger partial charge in [0.05, 0.1) is 0 Å². The first kappa shape index (κ1) is 20.8. The van der Waals surface area contributed by atoms with Gasteiger partial charge in [0, 0.05) is 31.2 Å². The van der Waals surface area contributed by atoms with Crippen molar-refractivity contribution in [3.8, 4) is 0 Å². The molecule has 0 radical (unpaired) electrons. The number of hydrogen-bond acceptors (Lipinski definition) is 4. The van der Waals surface area contributed by atoms with Crippen molar-refractivity contribution < 1.29 is 35.2 Å². The first-order valence-electron chi connectivity index (χ1n) is 7.19. The van der Waals surface area contributed by atoms with E-state index in [0.717, 1.165) is 23.9 Å². The summed E-state index contributed by atoms with van der Waals surface area (Å²) in [4.78, 5) is 14.3. The summed E-state index contributed by atoms with van der Waals surface area (Å²) in [7, 11) is -3.78. The Morgan fingerprint density at radius 3 is 2.48 bits per heavy atom. The van der Waals surface area contributed by atoms with Crippen LogP contribution in [-0.4, -0.2) is 36.1 Å². The van der Waals surface area contributed by atoms with Gasteiger partial charge in [-0.25, -0.2) is 17.8 Å². The van der Waals surface area contributed by atoms with Crippen molar-refractivity contribution in [1.29, 1.82) is 0 Å². The molecule has 0 spiro atoms. The first-order valence-corrected chi connectivity index (χ1v) is 8.68. The lowest BCUT2D eigenvalue weighted by atomic mass is 10.3. The second-order valence-electron chi connectivity index (χ2n) is 5.47. The molecule has 2 aromatic rings. The SMILES string of the molecule is C[C@@H](NS(=O)(=O)c1cn(C)c(C(=O)Nc2ccnc(F)c2)c1F)C(F)(F)F. The van der Waals surface area contributed by atoms with Gasteiger partial charge < -0.3 is 9.88 Å². The number of halogens is 5. The number of rotatable bonds is 5. The van der Waals surface area contributed by atoms with E-state index >= 15 is 0 Å². The van der Waals surface area contributed by atoms with Crippen molar-refractivity contribution >= 4 is 21.6 Å². The number of amides is 1. The summed E-state index contributed by atoms with van der Waals surface area (Å²) in [5.41, 5.74) is -0.853. The minimum absolute atomic E-state index is 0.0821. The van der Waals surface area contributed by atoms with E-state index < -0.39 is 50.5 Å². The third-order valence-electron chi connectivity index (χ3n) is 3.40. The van der Waals surface area contributed by atoms with Crippen LogP contribution in [0.4, 0.5) is 27.6 Å². The molecular formula is C14H13F5N4O3S. The minimum Gasteiger partial charge on any atom is -0.343 e. The summed E-state index contributed by atoms with van der Waals surface area (Å²) in [6.07, 6.45) is -3.20. The zero-order valence-corrected chi connectivity index (χ0v) is 14.6. The van der Waals surface area contributed by atoms with Gasteiger partial charge in [0.15, 0.2) is 5.82 Å². The van der Waals surface area contributed by atoms with Crippen molar-refractivity contribution in [2.24, 2.45) is 7.05 Å². The normalized spacial score (nSPS) is 13.4. The molecule has 2 heterocycles. The second-order valence-corrected chi connectivity index (χ2v) is 7.16. The van der Waals surface area contributed by atoms with Gasteiger partial charge >= 0.3 is 6.18 Å². The van der Waals surface area contributed by atoms with Gasteiger partial charge in [-0.2, -0.15) is 22.3 Å². The summed E-state index contributed by atoms with van der Waals surface area (Å²) in [5.74, 6) is -3.61. The Hall–Kier alpha value is -2.54. The van der Waals surface area contributed by atoms with Crippen molar-refractivity contribution in [2.45, 2.75) is 24.0 Å². The molecule has 0 aliphatic carbocycles. The highest BCUT2D eigenvalue weighted by Gasteiger charge is 2.40. The highest BCUT2D eigenvalue weighted by molar-refractivity contribution is 7.89. The minimum atomic E-state index is -4.90. The summed E-state index contributed by atoms with van der Waals surface area (Å²) in [5, 5.41) is 2.14. The first-order chi connectivity index (χ1) is 12.3. The molecule has 2 rings (SSSR count). The monoisotopic (exact) mass is 412 g/mol. The Labute approximate surface area is 150 Å². The molecular weight excluding hydrogens is 399 g/mol. The molecule has 13 heteroatoms. The number of hydrogen-bond donors (Lipinski definition) is 2. The van der Waals surface area contributed by atoms with Crippen molar-refractivity contribution in [1.82, 2.24) is 14.3 Å². The maximum absolute atomic E-state index is 14.5. The van der Waals surface area contributed by atoms with Gasteiger partial charge in [0.1, 0.15) is 16.6 Å². The fraction of sp³-hybridized carbons (Fsp3) is 0.286. The maximum atomic E-state index is 14.5. The number of nitrogens with zero attached hydrogens (tertiary/aromatic N) is 2. The van der Waals surface area contributed by atoms with E-state index in [9.17, 15) is 35.2 Å². The van der Waals surface area contributed by atoms with Crippen LogP contribution in [0.3, 0.4) is 0 Å². The van der Waals surface area contributed by atoms with Gasteiger partial charge in [-0.3, -0.25) is 4.79 Å². The molecule has 1 atom stereocenters. The Kier molecular flexibility index (Phi) is 5.56. The van der Waals surface area contributed by atoms with Crippen LogP contribution in [0.25, 0.3) is 0 Å². The Balaban J connectivity index is 2.34. The van der Waals surface area contributed by atoms with Crippen LogP contribution >= 0.6 is 0 Å². The maximum Gasteiger partial charge on any atom is 0.404 e. The van der Waals surface area contributed by atoms with Gasteiger partial charge in [0.25, 0.3) is 5.91 Å². The highest BCUT2D eigenvalue weighted by atomic mass is 32.2. The molecule has 1 amide bonds. The third kappa shape index (κ3) is 4.60. The average molecular weight is 412 g/mol. The number of sulfonamides is 1. The fourth-order valence-electron chi connectivity index (χ4n) is 2.05. The standard InChI is InChI=1S/C14H13F5N4O3S/c1-7(14(17,18)19)22-27(25,26)9-6-23(2)12(11(9)16)13(24)21-8-3-4-20-10(15)5-8/h3-7,22H,1-2H3,(H,20,21,24)/t7-/m1/s1. The number of aromatic nitrogens is 2. The number of aryl methyl sites for hydroxylation is 1. The molecule has 0 aliphatic rings. The molecule has 7 nitrogen and oxygen atoms in total. The Morgan fingerprint density at radius 2 is 1.93 bits per heavy atom. The van der Waals surface area contributed by atoms with Crippen LogP contribution in [0.5, 0.6) is 0 Å². The number of carbonyl (C=O) groups is 1. The molecule has 0 aliphatic heterocycles. The van der Waals surface area contributed by atoms with Crippen molar-refractivity contribution in [3.63, 3.8) is 0 Å². The molecule has 27 heavy (non-hydrogen) atoms. The zero-order chi connectivity index (χ0) is 20.6. The quantitative estimate of drug-likeness (QED) is 0.582. The summed E-state index contributed by atoms with van der Waals surface area (Å²) < 4.78 is 91.4. The summed E-state index contributed by atoms with van der Waals surface area (Å²) in [6.45, 7) is 0.546. The number of nitrogens with one attached hydrogen (secondary N) is 2. The van der Waals surface area contributed by atoms with E-state index in [1.807, 2.05) is 0 Å². The van der Waals surface area contributed by atoms with Crippen LogP contribution in [0.1, 0.15) is 17.4 Å². The molecule has 0 aromatic carbocycles. The zero-order valence-electron chi connectivity index (χ0n) is 13.8. The smallest absolute Gasteiger partial charge is 0.343 e. The predicted molar refractivity (Wildman–Crippen MR) is 83.4 cm³/mol. The number of carbonyl (C=O) groups excluding carboxylic acids is 1. The lowest BCUT2D eigenvalue weighted by Crippen LogP contribution is -2.43. The molecule has 0 fully saturated rings. The van der Waals surface area contributed by atoms with E-state index in [2.05, 4.69) is 10.3 Å². The molecule has 148 valence electrons. The second kappa shape index (κ2) is 7.23. The van der Waals surface area contributed by atoms with E-state index in [1.54, 1.807) is 0 Å². The Bertz CT molecular complexity index is 972. The summed E-state index contributed by atoms with van der Waals surface area (Å²) in [6, 6.07) is -0.436. The average Bonchev–Trinajstić information content (AvgIpc) is 2.81. The number of anilines is 1. The Morgan fingerprint density at radius 1 is 1.30 bits per heavy atom. The third-order valence-corrected chi connectivity index (χ3v) is 4.93. The lowest BCUT2D eigenvalue weighted by molar-refractivity contribution is -0.147. The largest absolute Gasteiger partial charge is 0.404 e. The van der Waals surface area contributed by atoms with Gasteiger partial charge in [0.2, 0.25) is 16.0 Å². The van der Waals surface area contributed by atoms with Gasteiger partial charge in [-0.1, -0.05) is 0 Å². The summed E-state index contributed by atoms with van der Waals surface area (Å²) >= 11 is 0. The molecule has 0 saturated carbocycles. The van der Waals surface area contributed by atoms with Crippen LogP contribution in [0, 0.1) is 11.8 Å². The van der Waals surface area contributed by atoms with E-state index in [-0.39, 0.29) is 5.69 Å². The van der Waals surface area contributed by atoms with Crippen LogP contribution < -0.4 is 10.0 Å². The highest BCUT2D eigenvalue weighted by Crippen LogP contribution is 2.25. The van der Waals surface area contributed by atoms with E-state index in [1.165, 1.54) is 10.8 Å². The van der Waals surface area contributed by atoms with Crippen molar-refractivity contribution in [2.75, 3.05) is 5.32 Å². The fourth-order valence-corrected chi connectivity index (χ4v) is 3.40. The lowest BCUT2D eigenvalue weighted by Gasteiger charge is -2.16. The van der Waals surface area contributed by atoms with E-state index in [4.69, 9.17) is 0 Å². The van der Waals surface area contributed by atoms with Gasteiger partial charge in [-0.05, 0) is 13.0 Å². The topological polar surface area (TPSA) is 93.1 Å². The number of pyridine rings is 1.